The molecule has 3 nitrogen and oxygen atoms in total. The van der Waals surface area contributed by atoms with E-state index in [-0.39, 0.29) is 28.0 Å². The Balaban J connectivity index is 1.52. The molecule has 0 amide bonds. The number of esters is 1. The molecule has 35 heavy (non-hydrogen) atoms. The normalized spacial score (nSPS) is 52.8. The van der Waals surface area contributed by atoms with Crippen LogP contribution in [0.25, 0.3) is 0 Å². The first-order valence-electron chi connectivity index (χ1n) is 14.8. The molecule has 0 radical (unpaired) electrons. The van der Waals surface area contributed by atoms with E-state index in [1.54, 1.807) is 0 Å². The van der Waals surface area contributed by atoms with Crippen LogP contribution in [-0.4, -0.2) is 17.9 Å². The van der Waals surface area contributed by atoms with Gasteiger partial charge in [0.2, 0.25) is 0 Å². The summed E-state index contributed by atoms with van der Waals surface area (Å²) < 4.78 is 5.68. The van der Waals surface area contributed by atoms with Crippen LogP contribution in [0, 0.1) is 62.6 Å². The number of rotatable bonds is 2. The maximum atomic E-state index is 13.6. The second-order valence-electron chi connectivity index (χ2n) is 15.7. The summed E-state index contributed by atoms with van der Waals surface area (Å²) in [4.78, 5) is 25.5. The average Bonchev–Trinajstić information content (AvgIpc) is 3.09. The van der Waals surface area contributed by atoms with Crippen molar-refractivity contribution in [3.8, 4) is 0 Å². The molecule has 5 aliphatic carbocycles. The molecule has 0 aromatic heterocycles. The molecule has 0 N–H and O–H groups in total. The number of carbonyl (C=O) groups excluding carboxylic acids is 2. The third-order valence-electron chi connectivity index (χ3n) is 13.7. The predicted molar refractivity (Wildman–Crippen MR) is 141 cm³/mol. The molecule has 198 valence electrons. The molecule has 5 saturated carbocycles. The van der Waals surface area contributed by atoms with Gasteiger partial charge >= 0.3 is 5.97 Å². The lowest BCUT2D eigenvalue weighted by atomic mass is 9.32. The van der Waals surface area contributed by atoms with Crippen molar-refractivity contribution in [3.63, 3.8) is 0 Å². The second-order valence-corrected chi connectivity index (χ2v) is 15.7. The number of ketones is 1. The fraction of sp³-hybridized carbons (Fsp3) is 0.938. The van der Waals surface area contributed by atoms with Gasteiger partial charge in [-0.15, -0.1) is 0 Å². The molecule has 3 heteroatoms. The van der Waals surface area contributed by atoms with Crippen molar-refractivity contribution in [1.82, 2.24) is 0 Å². The van der Waals surface area contributed by atoms with Crippen LogP contribution < -0.4 is 0 Å². The van der Waals surface area contributed by atoms with Crippen LogP contribution in [0.15, 0.2) is 0 Å². The summed E-state index contributed by atoms with van der Waals surface area (Å²) >= 11 is 0. The van der Waals surface area contributed by atoms with Gasteiger partial charge in [0.15, 0.2) is 11.9 Å². The number of carbonyl (C=O) groups is 2. The SMILES string of the molecule is CC(=O)O[C@@H]1C(=O)C[C@@]2(C)[C@@H](CC[C@@]3(C)[C@H]2CC[C@@H]2[C@H]4[C@H](C(C)C)CC[C@@]4(C)CC[C@]23C)C1(C)C. The first-order chi connectivity index (χ1) is 16.1. The topological polar surface area (TPSA) is 43.4 Å². The minimum atomic E-state index is -0.588. The fourth-order valence-electron chi connectivity index (χ4n) is 12.0. The van der Waals surface area contributed by atoms with Crippen molar-refractivity contribution in [3.05, 3.63) is 0 Å². The monoisotopic (exact) mass is 484 g/mol. The predicted octanol–water partition coefficient (Wildman–Crippen LogP) is 7.85. The van der Waals surface area contributed by atoms with Gasteiger partial charge in [-0.05, 0) is 109 Å². The van der Waals surface area contributed by atoms with E-state index >= 15 is 0 Å². The van der Waals surface area contributed by atoms with Crippen LogP contribution in [0.2, 0.25) is 0 Å². The zero-order valence-corrected chi connectivity index (χ0v) is 24.1. The van der Waals surface area contributed by atoms with Gasteiger partial charge in [0, 0.05) is 18.8 Å². The van der Waals surface area contributed by atoms with E-state index in [9.17, 15) is 9.59 Å². The quantitative estimate of drug-likeness (QED) is 0.375. The molecule has 0 spiro atoms. The van der Waals surface area contributed by atoms with E-state index in [1.165, 1.54) is 51.9 Å². The Morgan fingerprint density at radius 1 is 0.857 bits per heavy atom. The van der Waals surface area contributed by atoms with Gasteiger partial charge < -0.3 is 4.74 Å². The number of ether oxygens (including phenoxy) is 1. The van der Waals surface area contributed by atoms with Crippen molar-refractivity contribution in [2.45, 2.75) is 126 Å². The van der Waals surface area contributed by atoms with E-state index in [0.29, 0.717) is 29.1 Å². The van der Waals surface area contributed by atoms with Crippen LogP contribution in [0.4, 0.5) is 0 Å². The largest absolute Gasteiger partial charge is 0.454 e. The molecular formula is C32H52O3. The smallest absolute Gasteiger partial charge is 0.303 e. The molecule has 5 fully saturated rings. The number of hydrogen-bond donors (Lipinski definition) is 0. The number of Topliss-reactive ketones (excluding diaryl/α,β-unsaturated/α-hetero) is 1. The molecule has 0 saturated heterocycles. The van der Waals surface area contributed by atoms with E-state index < -0.39 is 6.10 Å². The first kappa shape index (κ1) is 25.8. The summed E-state index contributed by atoms with van der Waals surface area (Å²) in [5.41, 5.74) is 0.840. The van der Waals surface area contributed by atoms with Crippen LogP contribution in [0.3, 0.4) is 0 Å². The lowest BCUT2D eigenvalue weighted by molar-refractivity contribution is -0.245. The highest BCUT2D eigenvalue weighted by Crippen LogP contribution is 2.77. The summed E-state index contributed by atoms with van der Waals surface area (Å²) in [6.07, 6.45) is 10.6. The van der Waals surface area contributed by atoms with Gasteiger partial charge in [0.1, 0.15) is 0 Å². The minimum absolute atomic E-state index is 0.00785. The van der Waals surface area contributed by atoms with Crippen molar-refractivity contribution < 1.29 is 14.3 Å². The van der Waals surface area contributed by atoms with Crippen LogP contribution in [-0.2, 0) is 14.3 Å². The second kappa shape index (κ2) is 7.83. The molecule has 0 aliphatic heterocycles. The molecule has 5 aliphatic rings. The Labute approximate surface area is 214 Å². The van der Waals surface area contributed by atoms with Crippen molar-refractivity contribution in [1.29, 1.82) is 0 Å². The lowest BCUT2D eigenvalue weighted by Crippen LogP contribution is -2.68. The molecule has 5 rings (SSSR count). The summed E-state index contributed by atoms with van der Waals surface area (Å²) in [7, 11) is 0. The highest BCUT2D eigenvalue weighted by molar-refractivity contribution is 5.87. The maximum Gasteiger partial charge on any atom is 0.303 e. The van der Waals surface area contributed by atoms with Crippen molar-refractivity contribution >= 4 is 11.8 Å². The molecule has 0 aromatic rings. The first-order valence-corrected chi connectivity index (χ1v) is 14.8. The Kier molecular flexibility index (Phi) is 5.76. The van der Waals surface area contributed by atoms with Gasteiger partial charge in [-0.25, -0.2) is 0 Å². The molecule has 0 unspecified atom stereocenters. The van der Waals surface area contributed by atoms with Crippen molar-refractivity contribution in [2.75, 3.05) is 0 Å². The molecule has 0 bridgehead atoms. The van der Waals surface area contributed by atoms with E-state index in [1.807, 2.05) is 0 Å². The summed E-state index contributed by atoms with van der Waals surface area (Å²) in [5.74, 6) is 4.15. The lowest BCUT2D eigenvalue weighted by Gasteiger charge is -2.72. The molecule has 0 aromatic carbocycles. The third kappa shape index (κ3) is 3.27. The van der Waals surface area contributed by atoms with E-state index in [2.05, 4.69) is 55.4 Å². The van der Waals surface area contributed by atoms with Crippen LogP contribution in [0.5, 0.6) is 0 Å². The fourth-order valence-corrected chi connectivity index (χ4v) is 12.0. The summed E-state index contributed by atoms with van der Waals surface area (Å²) in [6.45, 7) is 21.2. The van der Waals surface area contributed by atoms with Gasteiger partial charge in [-0.2, -0.15) is 0 Å². The Hall–Kier alpha value is -0.860. The Bertz CT molecular complexity index is 904. The van der Waals surface area contributed by atoms with Gasteiger partial charge in [0.25, 0.3) is 0 Å². The zero-order valence-electron chi connectivity index (χ0n) is 24.1. The number of hydrogen-bond acceptors (Lipinski definition) is 3. The van der Waals surface area contributed by atoms with Crippen molar-refractivity contribution in [2.24, 2.45) is 62.6 Å². The van der Waals surface area contributed by atoms with Gasteiger partial charge in [-0.1, -0.05) is 55.4 Å². The molecular weight excluding hydrogens is 432 g/mol. The molecule has 0 heterocycles. The van der Waals surface area contributed by atoms with Gasteiger partial charge in [0.05, 0.1) is 0 Å². The van der Waals surface area contributed by atoms with Crippen LogP contribution in [0.1, 0.15) is 120 Å². The number of fused-ring (bicyclic) bond motifs is 7. The Morgan fingerprint density at radius 3 is 2.17 bits per heavy atom. The third-order valence-corrected chi connectivity index (χ3v) is 13.7. The van der Waals surface area contributed by atoms with E-state index in [4.69, 9.17) is 4.74 Å². The maximum absolute atomic E-state index is 13.6. The van der Waals surface area contributed by atoms with Gasteiger partial charge in [-0.3, -0.25) is 9.59 Å². The summed E-state index contributed by atoms with van der Waals surface area (Å²) in [5, 5.41) is 0. The standard InChI is InChI=1S/C32H52O3/c1-19(2)21-12-14-29(6)16-17-31(8)22(26(21)29)10-11-25-30(7)18-23(34)27(35-20(3)33)28(4,5)24(30)13-15-32(25,31)9/h19,21-22,24-27H,10-18H2,1-9H3/t21-,22+,24-,25-,26+,27+,29-,30-,31+,32-/m0/s1. The average molecular weight is 485 g/mol. The zero-order chi connectivity index (χ0) is 25.8. The minimum Gasteiger partial charge on any atom is -0.454 e. The van der Waals surface area contributed by atoms with Crippen LogP contribution >= 0.6 is 0 Å². The Morgan fingerprint density at radius 2 is 1.54 bits per heavy atom. The van der Waals surface area contributed by atoms with E-state index in [0.717, 1.165) is 30.1 Å². The summed E-state index contributed by atoms with van der Waals surface area (Å²) in [6, 6.07) is 0. The highest BCUT2D eigenvalue weighted by Gasteiger charge is 2.71. The molecule has 10 atom stereocenters. The highest BCUT2D eigenvalue weighted by atomic mass is 16.5.